The van der Waals surface area contributed by atoms with Crippen LogP contribution in [0, 0.1) is 6.92 Å². The molecule has 0 saturated carbocycles. The Hall–Kier alpha value is -0.730. The molecular formula is C13H20ClNO. The van der Waals surface area contributed by atoms with Crippen LogP contribution in [0.4, 0.5) is 0 Å². The van der Waals surface area contributed by atoms with E-state index in [1.54, 1.807) is 0 Å². The van der Waals surface area contributed by atoms with Gasteiger partial charge in [0.15, 0.2) is 0 Å². The van der Waals surface area contributed by atoms with Crippen LogP contribution in [-0.4, -0.2) is 19.2 Å². The van der Waals surface area contributed by atoms with E-state index < -0.39 is 0 Å². The van der Waals surface area contributed by atoms with Gasteiger partial charge in [0, 0.05) is 0 Å². The number of halogens is 1. The van der Waals surface area contributed by atoms with Gasteiger partial charge in [0.25, 0.3) is 0 Å². The molecule has 90 valence electrons. The van der Waals surface area contributed by atoms with Gasteiger partial charge in [0.2, 0.25) is 0 Å². The molecule has 1 atom stereocenters. The Balaban J connectivity index is 2.48. The molecule has 0 bridgehead atoms. The molecule has 1 N–H and O–H groups in total. The summed E-state index contributed by atoms with van der Waals surface area (Å²) < 4.78 is 5.80. The zero-order chi connectivity index (χ0) is 12.0. The van der Waals surface area contributed by atoms with Crippen LogP contribution < -0.4 is 10.1 Å². The highest BCUT2D eigenvalue weighted by molar-refractivity contribution is 6.32. The van der Waals surface area contributed by atoms with Gasteiger partial charge in [-0.25, -0.2) is 0 Å². The first-order chi connectivity index (χ1) is 7.63. The second-order valence-electron chi connectivity index (χ2n) is 4.00. The Kier molecular flexibility index (Phi) is 5.64. The number of rotatable bonds is 6. The first-order valence-electron chi connectivity index (χ1n) is 5.77. The van der Waals surface area contributed by atoms with Gasteiger partial charge in [-0.15, -0.1) is 0 Å². The van der Waals surface area contributed by atoms with Crippen molar-refractivity contribution in [2.75, 3.05) is 13.1 Å². The lowest BCUT2D eigenvalue weighted by Crippen LogP contribution is -2.22. The Morgan fingerprint density at radius 1 is 1.44 bits per heavy atom. The fourth-order valence-electron chi connectivity index (χ4n) is 1.46. The summed E-state index contributed by atoms with van der Waals surface area (Å²) in [6.07, 6.45) is 1.16. The third kappa shape index (κ3) is 4.42. The van der Waals surface area contributed by atoms with Gasteiger partial charge in [0.05, 0.1) is 11.1 Å². The predicted molar refractivity (Wildman–Crippen MR) is 69.4 cm³/mol. The Morgan fingerprint density at radius 2 is 2.19 bits per heavy atom. The quantitative estimate of drug-likeness (QED) is 0.771. The third-order valence-corrected chi connectivity index (χ3v) is 2.70. The number of nitrogens with one attached hydrogen (secondary N) is 1. The summed E-state index contributed by atoms with van der Waals surface area (Å²) in [6, 6.07) is 5.84. The Morgan fingerprint density at radius 3 is 2.88 bits per heavy atom. The Bertz CT molecular complexity index is 328. The fourth-order valence-corrected chi connectivity index (χ4v) is 1.62. The van der Waals surface area contributed by atoms with E-state index in [2.05, 4.69) is 19.2 Å². The molecule has 2 nitrogen and oxygen atoms in total. The van der Waals surface area contributed by atoms with E-state index in [1.807, 2.05) is 25.1 Å². The second kappa shape index (κ2) is 6.77. The zero-order valence-corrected chi connectivity index (χ0v) is 11.0. The van der Waals surface area contributed by atoms with Crippen molar-refractivity contribution >= 4 is 11.6 Å². The average Bonchev–Trinajstić information content (AvgIpc) is 2.24. The van der Waals surface area contributed by atoms with Crippen molar-refractivity contribution in [2.45, 2.75) is 33.3 Å². The first kappa shape index (κ1) is 13.3. The highest BCUT2D eigenvalue weighted by atomic mass is 35.5. The molecular weight excluding hydrogens is 222 g/mol. The van der Waals surface area contributed by atoms with Crippen molar-refractivity contribution in [3.05, 3.63) is 28.8 Å². The topological polar surface area (TPSA) is 21.3 Å². The van der Waals surface area contributed by atoms with Gasteiger partial charge >= 0.3 is 0 Å². The molecule has 0 aliphatic rings. The van der Waals surface area contributed by atoms with Crippen LogP contribution in [0.1, 0.15) is 25.8 Å². The lowest BCUT2D eigenvalue weighted by atomic mass is 10.2. The number of hydrogen-bond acceptors (Lipinski definition) is 2. The molecule has 0 aromatic heterocycles. The standard InChI is InChI=1S/C13H20ClNO/c1-4-15-8-7-11(3)16-13-9-10(2)5-6-12(13)14/h5-6,9,11,15H,4,7-8H2,1-3H3. The molecule has 0 aliphatic heterocycles. The van der Waals surface area contributed by atoms with Crippen LogP contribution in [0.5, 0.6) is 5.75 Å². The maximum absolute atomic E-state index is 6.06. The predicted octanol–water partition coefficient (Wildman–Crippen LogP) is 3.42. The number of aryl methyl sites for hydroxylation is 1. The van der Waals surface area contributed by atoms with E-state index in [0.717, 1.165) is 25.3 Å². The Labute approximate surface area is 103 Å². The maximum Gasteiger partial charge on any atom is 0.138 e. The van der Waals surface area contributed by atoms with Crippen LogP contribution in [0.2, 0.25) is 5.02 Å². The minimum absolute atomic E-state index is 0.179. The van der Waals surface area contributed by atoms with Crippen LogP contribution in [0.3, 0.4) is 0 Å². The van der Waals surface area contributed by atoms with E-state index in [0.29, 0.717) is 5.02 Å². The molecule has 0 saturated heterocycles. The highest BCUT2D eigenvalue weighted by Gasteiger charge is 2.07. The minimum Gasteiger partial charge on any atom is -0.489 e. The van der Waals surface area contributed by atoms with E-state index in [1.165, 1.54) is 5.56 Å². The monoisotopic (exact) mass is 241 g/mol. The smallest absolute Gasteiger partial charge is 0.138 e. The molecule has 16 heavy (non-hydrogen) atoms. The van der Waals surface area contributed by atoms with E-state index in [9.17, 15) is 0 Å². The molecule has 1 aromatic rings. The first-order valence-corrected chi connectivity index (χ1v) is 6.14. The van der Waals surface area contributed by atoms with Crippen molar-refractivity contribution in [1.82, 2.24) is 5.32 Å². The molecule has 0 spiro atoms. The van der Waals surface area contributed by atoms with E-state index >= 15 is 0 Å². The van der Waals surface area contributed by atoms with Crippen molar-refractivity contribution in [2.24, 2.45) is 0 Å². The van der Waals surface area contributed by atoms with Crippen molar-refractivity contribution < 1.29 is 4.74 Å². The fraction of sp³-hybridized carbons (Fsp3) is 0.538. The highest BCUT2D eigenvalue weighted by Crippen LogP contribution is 2.26. The van der Waals surface area contributed by atoms with Crippen molar-refractivity contribution in [1.29, 1.82) is 0 Å². The van der Waals surface area contributed by atoms with Crippen molar-refractivity contribution in [3.8, 4) is 5.75 Å². The molecule has 0 fully saturated rings. The summed E-state index contributed by atoms with van der Waals surface area (Å²) in [7, 11) is 0. The zero-order valence-electron chi connectivity index (χ0n) is 10.2. The summed E-state index contributed by atoms with van der Waals surface area (Å²) in [4.78, 5) is 0. The van der Waals surface area contributed by atoms with Crippen LogP contribution in [-0.2, 0) is 0 Å². The maximum atomic E-state index is 6.06. The SMILES string of the molecule is CCNCCC(C)Oc1cc(C)ccc1Cl. The lowest BCUT2D eigenvalue weighted by Gasteiger charge is -2.16. The summed E-state index contributed by atoms with van der Waals surface area (Å²) in [5.41, 5.74) is 1.17. The molecule has 1 unspecified atom stereocenters. The third-order valence-electron chi connectivity index (χ3n) is 2.39. The van der Waals surface area contributed by atoms with Gasteiger partial charge in [0.1, 0.15) is 5.75 Å². The van der Waals surface area contributed by atoms with Gasteiger partial charge in [-0.3, -0.25) is 0 Å². The summed E-state index contributed by atoms with van der Waals surface area (Å²) in [5.74, 6) is 0.783. The van der Waals surface area contributed by atoms with E-state index in [4.69, 9.17) is 16.3 Å². The van der Waals surface area contributed by atoms with Crippen LogP contribution >= 0.6 is 11.6 Å². The molecule has 0 heterocycles. The molecule has 0 radical (unpaired) electrons. The van der Waals surface area contributed by atoms with Crippen molar-refractivity contribution in [3.63, 3.8) is 0 Å². The molecule has 0 aliphatic carbocycles. The average molecular weight is 242 g/mol. The number of hydrogen-bond donors (Lipinski definition) is 1. The van der Waals surface area contributed by atoms with Crippen LogP contribution in [0.15, 0.2) is 18.2 Å². The number of ether oxygens (including phenoxy) is 1. The van der Waals surface area contributed by atoms with Crippen LogP contribution in [0.25, 0.3) is 0 Å². The van der Waals surface area contributed by atoms with Gasteiger partial charge < -0.3 is 10.1 Å². The molecule has 1 aromatic carbocycles. The largest absolute Gasteiger partial charge is 0.489 e. The van der Waals surface area contributed by atoms with Gasteiger partial charge in [-0.2, -0.15) is 0 Å². The number of benzene rings is 1. The summed E-state index contributed by atoms with van der Waals surface area (Å²) >= 11 is 6.06. The normalized spacial score (nSPS) is 12.5. The van der Waals surface area contributed by atoms with Gasteiger partial charge in [-0.1, -0.05) is 24.6 Å². The summed E-state index contributed by atoms with van der Waals surface area (Å²) in [5, 5.41) is 3.96. The van der Waals surface area contributed by atoms with Gasteiger partial charge in [-0.05, 0) is 51.1 Å². The minimum atomic E-state index is 0.179. The second-order valence-corrected chi connectivity index (χ2v) is 4.41. The molecule has 1 rings (SSSR count). The lowest BCUT2D eigenvalue weighted by molar-refractivity contribution is 0.210. The molecule has 3 heteroatoms. The summed E-state index contributed by atoms with van der Waals surface area (Å²) in [6.45, 7) is 8.17. The molecule has 0 amide bonds. The van der Waals surface area contributed by atoms with E-state index in [-0.39, 0.29) is 6.10 Å².